The van der Waals surface area contributed by atoms with Crippen molar-refractivity contribution < 1.29 is 19.5 Å². The summed E-state index contributed by atoms with van der Waals surface area (Å²) in [5, 5.41) is 9.41. The summed E-state index contributed by atoms with van der Waals surface area (Å²) in [5.74, 6) is -1.62. The minimum Gasteiger partial charge on any atom is -0.481 e. The minimum absolute atomic E-state index is 0.0198. The van der Waals surface area contributed by atoms with Crippen molar-refractivity contribution in [2.45, 2.75) is 13.0 Å². The zero-order valence-corrected chi connectivity index (χ0v) is 14.3. The maximum absolute atomic E-state index is 12.7. The van der Waals surface area contributed by atoms with E-state index in [9.17, 15) is 19.5 Å². The maximum Gasteiger partial charge on any atom is 0.309 e. The number of carboxylic acid groups (broad SMARTS) is 1. The van der Waals surface area contributed by atoms with E-state index in [0.717, 1.165) is 0 Å². The van der Waals surface area contributed by atoms with Gasteiger partial charge in [-0.2, -0.15) is 0 Å². The first-order valence-corrected chi connectivity index (χ1v) is 8.52. The predicted molar refractivity (Wildman–Crippen MR) is 91.1 cm³/mol. The molecule has 0 saturated carbocycles. The number of fused-ring (bicyclic) bond motifs is 1. The first-order chi connectivity index (χ1) is 12.0. The smallest absolute Gasteiger partial charge is 0.309 e. The minimum atomic E-state index is -0.880. The number of nitrogens with zero attached hydrogens (tertiary/aromatic N) is 3. The number of hydrogen-bond donors (Lipinski definition) is 1. The predicted octanol–water partition coefficient (Wildman–Crippen LogP) is 0.376. The fourth-order valence-corrected chi connectivity index (χ4v) is 3.60. The molecule has 2 aliphatic heterocycles. The van der Waals surface area contributed by atoms with E-state index in [1.807, 2.05) is 18.2 Å². The molecule has 3 rings (SSSR count). The average Bonchev–Trinajstić information content (AvgIpc) is 2.81. The number of aliphatic carboxylic acids is 1. The Bertz CT molecular complexity index is 664. The molecule has 0 aromatic heterocycles. The van der Waals surface area contributed by atoms with Crippen LogP contribution in [-0.2, 0) is 9.59 Å². The molecule has 0 spiro atoms. The van der Waals surface area contributed by atoms with E-state index in [2.05, 4.69) is 4.90 Å². The number of carbonyl (C=O) groups is 3. The topological polar surface area (TPSA) is 81.2 Å². The molecule has 2 aliphatic rings. The molecule has 2 amide bonds. The highest BCUT2D eigenvalue weighted by Crippen LogP contribution is 2.20. The molecular formula is C18H23N3O4. The third-order valence-electron chi connectivity index (χ3n) is 5.03. The van der Waals surface area contributed by atoms with E-state index in [-0.39, 0.29) is 24.4 Å². The normalized spacial score (nSPS) is 24.4. The summed E-state index contributed by atoms with van der Waals surface area (Å²) in [6, 6.07) is 9.11. The van der Waals surface area contributed by atoms with E-state index < -0.39 is 11.9 Å². The quantitative estimate of drug-likeness (QED) is 0.838. The van der Waals surface area contributed by atoms with Crippen molar-refractivity contribution in [3.8, 4) is 0 Å². The molecule has 7 heteroatoms. The van der Waals surface area contributed by atoms with Crippen molar-refractivity contribution in [1.82, 2.24) is 14.7 Å². The van der Waals surface area contributed by atoms with Crippen LogP contribution >= 0.6 is 0 Å². The lowest BCUT2D eigenvalue weighted by Gasteiger charge is -2.41. The van der Waals surface area contributed by atoms with Gasteiger partial charge in [0, 0.05) is 57.8 Å². The molecule has 2 atom stereocenters. The molecule has 134 valence electrons. The number of carbonyl (C=O) groups excluding carboxylic acids is 2. The first-order valence-electron chi connectivity index (χ1n) is 8.52. The Balaban J connectivity index is 1.75. The lowest BCUT2D eigenvalue weighted by molar-refractivity contribution is -0.143. The second-order valence-corrected chi connectivity index (χ2v) is 6.73. The van der Waals surface area contributed by atoms with Gasteiger partial charge in [0.25, 0.3) is 5.91 Å². The highest BCUT2D eigenvalue weighted by molar-refractivity contribution is 5.94. The van der Waals surface area contributed by atoms with Crippen LogP contribution in [0.25, 0.3) is 0 Å². The Morgan fingerprint density at radius 2 is 1.64 bits per heavy atom. The van der Waals surface area contributed by atoms with E-state index in [1.54, 1.807) is 21.9 Å². The molecule has 0 bridgehead atoms. The molecule has 2 heterocycles. The molecule has 25 heavy (non-hydrogen) atoms. The van der Waals surface area contributed by atoms with Gasteiger partial charge in [-0.3, -0.25) is 19.3 Å². The van der Waals surface area contributed by atoms with E-state index in [4.69, 9.17) is 0 Å². The molecule has 1 N–H and O–H groups in total. The van der Waals surface area contributed by atoms with Crippen LogP contribution in [0.2, 0.25) is 0 Å². The Morgan fingerprint density at radius 3 is 2.28 bits per heavy atom. The van der Waals surface area contributed by atoms with E-state index >= 15 is 0 Å². The Labute approximate surface area is 146 Å². The molecule has 2 fully saturated rings. The summed E-state index contributed by atoms with van der Waals surface area (Å²) in [6.45, 7) is 4.25. The number of hydrogen-bond acceptors (Lipinski definition) is 4. The van der Waals surface area contributed by atoms with Gasteiger partial charge in [0.2, 0.25) is 5.91 Å². The van der Waals surface area contributed by atoms with Crippen molar-refractivity contribution in [2.75, 3.05) is 39.3 Å². The van der Waals surface area contributed by atoms with Crippen molar-refractivity contribution in [3.05, 3.63) is 35.9 Å². The van der Waals surface area contributed by atoms with E-state index in [1.165, 1.54) is 6.92 Å². The monoisotopic (exact) mass is 345 g/mol. The fraction of sp³-hybridized carbons (Fsp3) is 0.500. The number of piperazine rings is 1. The molecule has 1 aromatic rings. The maximum atomic E-state index is 12.7. The van der Waals surface area contributed by atoms with Crippen LogP contribution in [0, 0.1) is 5.92 Å². The molecule has 0 aliphatic carbocycles. The summed E-state index contributed by atoms with van der Waals surface area (Å²) in [4.78, 5) is 41.5. The highest BCUT2D eigenvalue weighted by atomic mass is 16.4. The van der Waals surface area contributed by atoms with Crippen LogP contribution in [0.4, 0.5) is 0 Å². The van der Waals surface area contributed by atoms with Crippen molar-refractivity contribution in [2.24, 2.45) is 5.92 Å². The summed E-state index contributed by atoms with van der Waals surface area (Å²) < 4.78 is 0. The van der Waals surface area contributed by atoms with Crippen molar-refractivity contribution >= 4 is 17.8 Å². The second kappa shape index (κ2) is 7.23. The number of amides is 2. The molecule has 0 radical (unpaired) electrons. The lowest BCUT2D eigenvalue weighted by Crippen LogP contribution is -2.57. The van der Waals surface area contributed by atoms with Crippen molar-refractivity contribution in [3.63, 3.8) is 0 Å². The van der Waals surface area contributed by atoms with Crippen molar-refractivity contribution in [1.29, 1.82) is 0 Å². The Hall–Kier alpha value is -2.41. The molecule has 1 aromatic carbocycles. The van der Waals surface area contributed by atoms with Gasteiger partial charge in [-0.1, -0.05) is 18.2 Å². The largest absolute Gasteiger partial charge is 0.481 e. The number of carboxylic acids is 1. The summed E-state index contributed by atoms with van der Waals surface area (Å²) >= 11 is 0. The zero-order chi connectivity index (χ0) is 18.0. The van der Waals surface area contributed by atoms with Gasteiger partial charge < -0.3 is 14.9 Å². The van der Waals surface area contributed by atoms with Gasteiger partial charge in [-0.25, -0.2) is 0 Å². The summed E-state index contributed by atoms with van der Waals surface area (Å²) in [5.41, 5.74) is 0.649. The third kappa shape index (κ3) is 3.82. The van der Waals surface area contributed by atoms with Gasteiger partial charge >= 0.3 is 5.97 Å². The molecule has 2 saturated heterocycles. The van der Waals surface area contributed by atoms with Crippen LogP contribution in [0.3, 0.4) is 0 Å². The zero-order valence-electron chi connectivity index (χ0n) is 14.3. The number of rotatable bonds is 2. The SMILES string of the molecule is CC(=O)N1C[C@@H](C(=O)O)CN2CCN(C(=O)c3ccccc3)C[C@H]2C1. The van der Waals surface area contributed by atoms with Gasteiger partial charge in [0.05, 0.1) is 5.92 Å². The highest BCUT2D eigenvalue weighted by Gasteiger charge is 2.38. The van der Waals surface area contributed by atoms with Crippen LogP contribution in [0.1, 0.15) is 17.3 Å². The fourth-order valence-electron chi connectivity index (χ4n) is 3.60. The lowest BCUT2D eigenvalue weighted by atomic mass is 10.1. The second-order valence-electron chi connectivity index (χ2n) is 6.73. The Morgan fingerprint density at radius 1 is 0.960 bits per heavy atom. The molecule has 7 nitrogen and oxygen atoms in total. The van der Waals surface area contributed by atoms with Gasteiger partial charge in [0.15, 0.2) is 0 Å². The van der Waals surface area contributed by atoms with Crippen LogP contribution in [0.5, 0.6) is 0 Å². The standard InChI is InChI=1S/C18H23N3O4/c1-13(22)21-10-15(18(24)25)9-19-7-8-20(11-16(19)12-21)17(23)14-5-3-2-4-6-14/h2-6,15-16H,7-12H2,1H3,(H,24,25)/t15-,16-/m0/s1. The Kier molecular flexibility index (Phi) is 5.03. The number of benzene rings is 1. The first kappa shape index (κ1) is 17.4. The van der Waals surface area contributed by atoms with Gasteiger partial charge in [-0.15, -0.1) is 0 Å². The summed E-state index contributed by atoms with van der Waals surface area (Å²) in [7, 11) is 0. The molecular weight excluding hydrogens is 322 g/mol. The average molecular weight is 345 g/mol. The van der Waals surface area contributed by atoms with Gasteiger partial charge in [-0.05, 0) is 12.1 Å². The van der Waals surface area contributed by atoms with Gasteiger partial charge in [0.1, 0.15) is 0 Å². The third-order valence-corrected chi connectivity index (χ3v) is 5.03. The van der Waals surface area contributed by atoms with Crippen LogP contribution < -0.4 is 0 Å². The summed E-state index contributed by atoms with van der Waals surface area (Å²) in [6.07, 6.45) is 0. The van der Waals surface area contributed by atoms with E-state index in [0.29, 0.717) is 38.3 Å². The van der Waals surface area contributed by atoms with Crippen LogP contribution in [0.15, 0.2) is 30.3 Å². The van der Waals surface area contributed by atoms with Crippen LogP contribution in [-0.4, -0.2) is 82.9 Å². The molecule has 0 unspecified atom stereocenters.